The van der Waals surface area contributed by atoms with E-state index in [0.29, 0.717) is 24.3 Å². The van der Waals surface area contributed by atoms with Gasteiger partial charge in [-0.25, -0.2) is 4.79 Å². The first-order chi connectivity index (χ1) is 7.22. The zero-order valence-electron chi connectivity index (χ0n) is 8.14. The molecule has 0 fully saturated rings. The van der Waals surface area contributed by atoms with E-state index in [-0.39, 0.29) is 18.1 Å². The van der Waals surface area contributed by atoms with Gasteiger partial charge in [0.2, 0.25) is 0 Å². The van der Waals surface area contributed by atoms with Crippen molar-refractivity contribution in [1.29, 1.82) is 0 Å². The fourth-order valence-electron chi connectivity index (χ4n) is 1.78. The first-order valence-electron chi connectivity index (χ1n) is 4.81. The summed E-state index contributed by atoms with van der Waals surface area (Å²) in [6.07, 6.45) is 0.564. The lowest BCUT2D eigenvalue weighted by Gasteiger charge is -2.24. The van der Waals surface area contributed by atoms with Crippen LogP contribution in [0.15, 0.2) is 18.2 Å². The van der Waals surface area contributed by atoms with Crippen molar-refractivity contribution in [3.8, 4) is 5.75 Å². The van der Waals surface area contributed by atoms with Gasteiger partial charge in [-0.15, -0.1) is 0 Å². The minimum Gasteiger partial charge on any atom is -0.493 e. The maximum Gasteiger partial charge on any atom is 0.336 e. The summed E-state index contributed by atoms with van der Waals surface area (Å²) in [5.41, 5.74) is 0.959. The molecule has 0 spiro atoms. The molecule has 1 atom stereocenters. The summed E-state index contributed by atoms with van der Waals surface area (Å²) < 4.78 is 5.39. The molecule has 0 bridgehead atoms. The Morgan fingerprint density at radius 2 is 2.33 bits per heavy atom. The quantitative estimate of drug-likeness (QED) is 0.758. The first-order valence-corrected chi connectivity index (χ1v) is 4.81. The predicted octanol–water partition coefficient (Wildman–Crippen LogP) is 0.928. The summed E-state index contributed by atoms with van der Waals surface area (Å²) in [7, 11) is 0. The Bertz CT molecular complexity index is 386. The Morgan fingerprint density at radius 3 is 3.00 bits per heavy atom. The molecule has 0 radical (unpaired) electrons. The maximum atomic E-state index is 10.9. The van der Waals surface area contributed by atoms with Crippen LogP contribution in [0.25, 0.3) is 0 Å². The molecule has 0 saturated carbocycles. The van der Waals surface area contributed by atoms with Gasteiger partial charge in [-0.2, -0.15) is 0 Å². The van der Waals surface area contributed by atoms with Gasteiger partial charge in [0.1, 0.15) is 5.75 Å². The van der Waals surface area contributed by atoms with Gasteiger partial charge in [0, 0.05) is 18.1 Å². The summed E-state index contributed by atoms with van der Waals surface area (Å²) in [5, 5.41) is 18.0. The van der Waals surface area contributed by atoms with Crippen LogP contribution in [0.2, 0.25) is 0 Å². The number of carbonyl (C=O) groups is 1. The molecule has 0 saturated heterocycles. The zero-order valence-corrected chi connectivity index (χ0v) is 8.14. The molecule has 1 aliphatic rings. The number of benzene rings is 1. The molecule has 2 rings (SSSR count). The van der Waals surface area contributed by atoms with Crippen LogP contribution >= 0.6 is 0 Å². The molecule has 0 aromatic heterocycles. The Morgan fingerprint density at radius 1 is 1.53 bits per heavy atom. The van der Waals surface area contributed by atoms with Crippen molar-refractivity contribution in [3.05, 3.63) is 29.3 Å². The van der Waals surface area contributed by atoms with Crippen LogP contribution in [0, 0.1) is 5.92 Å². The van der Waals surface area contributed by atoms with Crippen LogP contribution < -0.4 is 4.74 Å². The highest BCUT2D eigenvalue weighted by Crippen LogP contribution is 2.29. The van der Waals surface area contributed by atoms with Crippen LogP contribution in [0.4, 0.5) is 0 Å². The molecule has 1 aromatic carbocycles. The van der Waals surface area contributed by atoms with Gasteiger partial charge < -0.3 is 14.9 Å². The van der Waals surface area contributed by atoms with Crippen LogP contribution in [-0.4, -0.2) is 29.4 Å². The standard InChI is InChI=1S/C11H12O4/c12-5-7-4-9-8(11(13)14)2-1-3-10(9)15-6-7/h1-3,7,12H,4-6H2,(H,13,14). The predicted molar refractivity (Wildman–Crippen MR) is 53.2 cm³/mol. The van der Waals surface area contributed by atoms with E-state index in [4.69, 9.17) is 14.9 Å². The summed E-state index contributed by atoms with van der Waals surface area (Å²) in [4.78, 5) is 10.9. The molecule has 0 amide bonds. The highest BCUT2D eigenvalue weighted by Gasteiger charge is 2.23. The molecular weight excluding hydrogens is 196 g/mol. The lowest BCUT2D eigenvalue weighted by molar-refractivity contribution is 0.0691. The van der Waals surface area contributed by atoms with Crippen molar-refractivity contribution in [2.45, 2.75) is 6.42 Å². The molecule has 15 heavy (non-hydrogen) atoms. The molecule has 2 N–H and O–H groups in total. The highest BCUT2D eigenvalue weighted by atomic mass is 16.5. The lowest BCUT2D eigenvalue weighted by Crippen LogP contribution is -2.25. The molecule has 4 heteroatoms. The van der Waals surface area contributed by atoms with Crippen molar-refractivity contribution >= 4 is 5.97 Å². The monoisotopic (exact) mass is 208 g/mol. The Hall–Kier alpha value is -1.55. The van der Waals surface area contributed by atoms with E-state index in [2.05, 4.69) is 0 Å². The van der Waals surface area contributed by atoms with Gasteiger partial charge in [0.25, 0.3) is 0 Å². The third kappa shape index (κ3) is 1.80. The van der Waals surface area contributed by atoms with Gasteiger partial charge in [-0.1, -0.05) is 6.07 Å². The SMILES string of the molecule is O=C(O)c1cccc2c1CC(CO)CO2. The van der Waals surface area contributed by atoms with Gasteiger partial charge in [-0.05, 0) is 18.6 Å². The van der Waals surface area contributed by atoms with E-state index in [1.807, 2.05) is 0 Å². The molecule has 4 nitrogen and oxygen atoms in total. The fourth-order valence-corrected chi connectivity index (χ4v) is 1.78. The second kappa shape index (κ2) is 3.90. The number of carboxylic acid groups (broad SMARTS) is 1. The molecule has 0 aliphatic carbocycles. The largest absolute Gasteiger partial charge is 0.493 e. The Labute approximate surface area is 87.1 Å². The summed E-state index contributed by atoms with van der Waals surface area (Å²) in [6.45, 7) is 0.472. The summed E-state index contributed by atoms with van der Waals surface area (Å²) >= 11 is 0. The van der Waals surface area contributed by atoms with Crippen molar-refractivity contribution in [2.24, 2.45) is 5.92 Å². The molecule has 1 heterocycles. The second-order valence-corrected chi connectivity index (χ2v) is 3.65. The molecule has 1 unspecified atom stereocenters. The number of fused-ring (bicyclic) bond motifs is 1. The third-order valence-corrected chi connectivity index (χ3v) is 2.59. The van der Waals surface area contributed by atoms with E-state index >= 15 is 0 Å². The van der Waals surface area contributed by atoms with Crippen molar-refractivity contribution in [2.75, 3.05) is 13.2 Å². The van der Waals surface area contributed by atoms with Crippen LogP contribution in [0.5, 0.6) is 5.75 Å². The van der Waals surface area contributed by atoms with Gasteiger partial charge in [0.15, 0.2) is 0 Å². The van der Waals surface area contributed by atoms with E-state index in [1.165, 1.54) is 0 Å². The lowest BCUT2D eigenvalue weighted by atomic mass is 9.93. The van der Waals surface area contributed by atoms with Crippen LogP contribution in [-0.2, 0) is 6.42 Å². The average Bonchev–Trinajstić information content (AvgIpc) is 2.27. The number of aliphatic hydroxyl groups excluding tert-OH is 1. The number of hydrogen-bond donors (Lipinski definition) is 2. The number of aliphatic hydroxyl groups is 1. The molecular formula is C11H12O4. The number of rotatable bonds is 2. The fraction of sp³-hybridized carbons (Fsp3) is 0.364. The zero-order chi connectivity index (χ0) is 10.8. The number of hydrogen-bond acceptors (Lipinski definition) is 3. The molecule has 80 valence electrons. The van der Waals surface area contributed by atoms with Crippen LogP contribution in [0.3, 0.4) is 0 Å². The second-order valence-electron chi connectivity index (χ2n) is 3.65. The van der Waals surface area contributed by atoms with E-state index in [0.717, 1.165) is 0 Å². The van der Waals surface area contributed by atoms with Crippen molar-refractivity contribution < 1.29 is 19.7 Å². The van der Waals surface area contributed by atoms with E-state index in [9.17, 15) is 4.79 Å². The van der Waals surface area contributed by atoms with Gasteiger partial charge >= 0.3 is 5.97 Å². The molecule has 1 aliphatic heterocycles. The number of aromatic carboxylic acids is 1. The van der Waals surface area contributed by atoms with Crippen molar-refractivity contribution in [3.63, 3.8) is 0 Å². The third-order valence-electron chi connectivity index (χ3n) is 2.59. The average molecular weight is 208 g/mol. The number of ether oxygens (including phenoxy) is 1. The number of carboxylic acids is 1. The minimum atomic E-state index is -0.950. The topological polar surface area (TPSA) is 66.8 Å². The summed E-state index contributed by atoms with van der Waals surface area (Å²) in [5.74, 6) is -0.327. The Balaban J connectivity index is 2.40. The van der Waals surface area contributed by atoms with E-state index in [1.54, 1.807) is 18.2 Å². The van der Waals surface area contributed by atoms with Crippen LogP contribution in [0.1, 0.15) is 15.9 Å². The molecule has 1 aromatic rings. The normalized spacial score (nSPS) is 19.1. The highest BCUT2D eigenvalue weighted by molar-refractivity contribution is 5.90. The van der Waals surface area contributed by atoms with E-state index < -0.39 is 5.97 Å². The first kappa shape index (κ1) is 9.98. The maximum absolute atomic E-state index is 10.9. The smallest absolute Gasteiger partial charge is 0.336 e. The summed E-state index contributed by atoms with van der Waals surface area (Å²) in [6, 6.07) is 4.99. The van der Waals surface area contributed by atoms with Crippen molar-refractivity contribution in [1.82, 2.24) is 0 Å². The van der Waals surface area contributed by atoms with Gasteiger partial charge in [0.05, 0.1) is 12.2 Å². The Kier molecular flexibility index (Phi) is 2.60. The minimum absolute atomic E-state index is 0.00185. The van der Waals surface area contributed by atoms with Gasteiger partial charge in [-0.3, -0.25) is 0 Å².